The molecule has 1 aliphatic carbocycles. The molecule has 3 nitrogen and oxygen atoms in total. The van der Waals surface area contributed by atoms with Gasteiger partial charge in [-0.1, -0.05) is 12.1 Å². The fourth-order valence-electron chi connectivity index (χ4n) is 2.81. The summed E-state index contributed by atoms with van der Waals surface area (Å²) < 4.78 is 12.9. The SMILES string of the molecule is CNC1CCC(C(=O)NC(C)c2ccc(F)cc2)CC1. The van der Waals surface area contributed by atoms with Crippen LogP contribution in [0.1, 0.15) is 44.2 Å². The van der Waals surface area contributed by atoms with E-state index in [9.17, 15) is 9.18 Å². The maximum Gasteiger partial charge on any atom is 0.223 e. The summed E-state index contributed by atoms with van der Waals surface area (Å²) in [5, 5.41) is 6.30. The summed E-state index contributed by atoms with van der Waals surface area (Å²) in [6, 6.07) is 6.77. The average molecular weight is 278 g/mol. The van der Waals surface area contributed by atoms with Crippen LogP contribution in [0.3, 0.4) is 0 Å². The molecular formula is C16H23FN2O. The van der Waals surface area contributed by atoms with Gasteiger partial charge in [0.1, 0.15) is 5.82 Å². The van der Waals surface area contributed by atoms with E-state index < -0.39 is 0 Å². The van der Waals surface area contributed by atoms with Crippen LogP contribution in [0.4, 0.5) is 4.39 Å². The molecule has 1 aromatic carbocycles. The number of nitrogens with one attached hydrogen (secondary N) is 2. The predicted octanol–water partition coefficient (Wildman–Crippen LogP) is 2.78. The summed E-state index contributed by atoms with van der Waals surface area (Å²) in [5.74, 6) is -0.0171. The van der Waals surface area contributed by atoms with Gasteiger partial charge in [-0.05, 0) is 57.4 Å². The van der Waals surface area contributed by atoms with E-state index in [1.807, 2.05) is 14.0 Å². The van der Waals surface area contributed by atoms with E-state index in [4.69, 9.17) is 0 Å². The molecule has 1 saturated carbocycles. The van der Waals surface area contributed by atoms with Crippen molar-refractivity contribution in [3.63, 3.8) is 0 Å². The molecule has 2 rings (SSSR count). The Morgan fingerprint density at radius 3 is 2.35 bits per heavy atom. The molecule has 0 aliphatic heterocycles. The minimum Gasteiger partial charge on any atom is -0.349 e. The average Bonchev–Trinajstić information content (AvgIpc) is 2.48. The minimum atomic E-state index is -0.252. The van der Waals surface area contributed by atoms with Gasteiger partial charge >= 0.3 is 0 Å². The van der Waals surface area contributed by atoms with Gasteiger partial charge in [0.15, 0.2) is 0 Å². The Bertz CT molecular complexity index is 438. The molecule has 0 saturated heterocycles. The first-order valence-corrected chi connectivity index (χ1v) is 7.33. The van der Waals surface area contributed by atoms with Crippen molar-refractivity contribution in [1.29, 1.82) is 0 Å². The van der Waals surface area contributed by atoms with E-state index in [0.717, 1.165) is 31.2 Å². The first-order chi connectivity index (χ1) is 9.60. The van der Waals surface area contributed by atoms with Crippen molar-refractivity contribution in [2.45, 2.75) is 44.7 Å². The topological polar surface area (TPSA) is 41.1 Å². The van der Waals surface area contributed by atoms with Crippen LogP contribution in [-0.2, 0) is 4.79 Å². The van der Waals surface area contributed by atoms with Crippen LogP contribution in [0.2, 0.25) is 0 Å². The number of hydrogen-bond acceptors (Lipinski definition) is 2. The maximum absolute atomic E-state index is 12.9. The lowest BCUT2D eigenvalue weighted by Gasteiger charge is -2.28. The normalized spacial score (nSPS) is 24.1. The highest BCUT2D eigenvalue weighted by molar-refractivity contribution is 5.79. The van der Waals surface area contributed by atoms with Crippen molar-refractivity contribution in [2.24, 2.45) is 5.92 Å². The van der Waals surface area contributed by atoms with E-state index in [1.54, 1.807) is 12.1 Å². The van der Waals surface area contributed by atoms with Crippen LogP contribution in [0.5, 0.6) is 0 Å². The zero-order chi connectivity index (χ0) is 14.5. The Hall–Kier alpha value is -1.42. The van der Waals surface area contributed by atoms with Gasteiger partial charge in [-0.15, -0.1) is 0 Å². The van der Waals surface area contributed by atoms with Crippen LogP contribution < -0.4 is 10.6 Å². The molecule has 0 spiro atoms. The van der Waals surface area contributed by atoms with Gasteiger partial charge < -0.3 is 10.6 Å². The smallest absolute Gasteiger partial charge is 0.223 e. The summed E-state index contributed by atoms with van der Waals surface area (Å²) in [7, 11) is 1.97. The molecular weight excluding hydrogens is 255 g/mol. The molecule has 4 heteroatoms. The highest BCUT2D eigenvalue weighted by atomic mass is 19.1. The second-order valence-electron chi connectivity index (χ2n) is 5.62. The highest BCUT2D eigenvalue weighted by Crippen LogP contribution is 2.25. The number of hydrogen-bond donors (Lipinski definition) is 2. The molecule has 0 aromatic heterocycles. The van der Waals surface area contributed by atoms with E-state index in [-0.39, 0.29) is 23.7 Å². The molecule has 1 atom stereocenters. The van der Waals surface area contributed by atoms with Gasteiger partial charge in [0, 0.05) is 12.0 Å². The monoisotopic (exact) mass is 278 g/mol. The van der Waals surface area contributed by atoms with Crippen molar-refractivity contribution in [1.82, 2.24) is 10.6 Å². The lowest BCUT2D eigenvalue weighted by atomic mass is 9.85. The van der Waals surface area contributed by atoms with Gasteiger partial charge in [0.2, 0.25) is 5.91 Å². The molecule has 0 bridgehead atoms. The zero-order valence-corrected chi connectivity index (χ0v) is 12.2. The van der Waals surface area contributed by atoms with Crippen LogP contribution in [0.25, 0.3) is 0 Å². The Balaban J connectivity index is 1.86. The number of benzene rings is 1. The van der Waals surface area contributed by atoms with Crippen molar-refractivity contribution in [3.8, 4) is 0 Å². The Labute approximate surface area is 120 Å². The minimum absolute atomic E-state index is 0.0786. The van der Waals surface area contributed by atoms with Crippen molar-refractivity contribution < 1.29 is 9.18 Å². The number of rotatable bonds is 4. The van der Waals surface area contributed by atoms with E-state index in [1.165, 1.54) is 12.1 Å². The molecule has 1 fully saturated rings. The summed E-state index contributed by atoms with van der Waals surface area (Å²) in [4.78, 5) is 12.2. The van der Waals surface area contributed by atoms with Crippen LogP contribution in [0, 0.1) is 11.7 Å². The molecule has 0 heterocycles. The van der Waals surface area contributed by atoms with Gasteiger partial charge in [-0.3, -0.25) is 4.79 Å². The van der Waals surface area contributed by atoms with E-state index in [0.29, 0.717) is 6.04 Å². The number of amides is 1. The molecule has 1 unspecified atom stereocenters. The third-order valence-corrected chi connectivity index (χ3v) is 4.23. The first kappa shape index (κ1) is 15.0. The summed E-state index contributed by atoms with van der Waals surface area (Å²) >= 11 is 0. The van der Waals surface area contributed by atoms with E-state index in [2.05, 4.69) is 10.6 Å². The van der Waals surface area contributed by atoms with Crippen LogP contribution in [-0.4, -0.2) is 19.0 Å². The Kier molecular flexibility index (Phi) is 5.12. The number of carbonyl (C=O) groups is 1. The molecule has 1 aromatic rings. The third kappa shape index (κ3) is 3.79. The van der Waals surface area contributed by atoms with Gasteiger partial charge in [-0.25, -0.2) is 4.39 Å². The lowest BCUT2D eigenvalue weighted by Crippen LogP contribution is -2.38. The quantitative estimate of drug-likeness (QED) is 0.889. The van der Waals surface area contributed by atoms with Gasteiger partial charge in [0.25, 0.3) is 0 Å². The summed E-state index contributed by atoms with van der Waals surface area (Å²) in [6.45, 7) is 1.93. The third-order valence-electron chi connectivity index (χ3n) is 4.23. The Morgan fingerprint density at radius 1 is 1.20 bits per heavy atom. The van der Waals surface area contributed by atoms with Gasteiger partial charge in [-0.2, -0.15) is 0 Å². The highest BCUT2D eigenvalue weighted by Gasteiger charge is 2.26. The second kappa shape index (κ2) is 6.84. The largest absolute Gasteiger partial charge is 0.349 e. The van der Waals surface area contributed by atoms with Crippen LogP contribution >= 0.6 is 0 Å². The fraction of sp³-hybridized carbons (Fsp3) is 0.562. The zero-order valence-electron chi connectivity index (χ0n) is 12.2. The molecule has 1 amide bonds. The Morgan fingerprint density at radius 2 is 1.80 bits per heavy atom. The number of halogens is 1. The summed E-state index contributed by atoms with van der Waals surface area (Å²) in [6.07, 6.45) is 3.99. The molecule has 20 heavy (non-hydrogen) atoms. The van der Waals surface area contributed by atoms with Crippen molar-refractivity contribution in [2.75, 3.05) is 7.05 Å². The van der Waals surface area contributed by atoms with Crippen molar-refractivity contribution >= 4 is 5.91 Å². The maximum atomic E-state index is 12.9. The van der Waals surface area contributed by atoms with E-state index >= 15 is 0 Å². The molecule has 2 N–H and O–H groups in total. The first-order valence-electron chi connectivity index (χ1n) is 7.33. The summed E-state index contributed by atoms with van der Waals surface area (Å²) in [5.41, 5.74) is 0.934. The van der Waals surface area contributed by atoms with Gasteiger partial charge in [0.05, 0.1) is 6.04 Å². The number of carbonyl (C=O) groups excluding carboxylic acids is 1. The standard InChI is InChI=1S/C16H23FN2O/c1-11(12-3-7-14(17)8-4-12)19-16(20)13-5-9-15(18-2)10-6-13/h3-4,7-8,11,13,15,18H,5-6,9-10H2,1-2H3,(H,19,20). The lowest BCUT2D eigenvalue weighted by molar-refractivity contribution is -0.126. The predicted molar refractivity (Wildman–Crippen MR) is 77.8 cm³/mol. The molecule has 0 radical (unpaired) electrons. The van der Waals surface area contributed by atoms with Crippen LogP contribution in [0.15, 0.2) is 24.3 Å². The van der Waals surface area contributed by atoms with Crippen molar-refractivity contribution in [3.05, 3.63) is 35.6 Å². The molecule has 1 aliphatic rings. The fourth-order valence-corrected chi connectivity index (χ4v) is 2.81. The molecule has 110 valence electrons. The second-order valence-corrected chi connectivity index (χ2v) is 5.62.